The Balaban J connectivity index is 2.62. The van der Waals surface area contributed by atoms with E-state index in [1.54, 1.807) is 6.33 Å². The Morgan fingerprint density at radius 3 is 3.00 bits per heavy atom. The van der Waals surface area contributed by atoms with Crippen molar-refractivity contribution in [2.24, 2.45) is 7.05 Å². The van der Waals surface area contributed by atoms with E-state index in [1.807, 2.05) is 30.7 Å². The Labute approximate surface area is 96.7 Å². The third-order valence-electron chi connectivity index (χ3n) is 2.89. The summed E-state index contributed by atoms with van der Waals surface area (Å²) in [4.78, 5) is 19.6. The fourth-order valence-electron chi connectivity index (χ4n) is 2.09. The predicted octanol–water partition coefficient (Wildman–Crippen LogP) is 1.64. The molecule has 2 heterocycles. The molecule has 0 aliphatic rings. The maximum Gasteiger partial charge on any atom is 0.439 e. The molecule has 86 valence electrons. The minimum absolute atomic E-state index is 0.553. The molecule has 5 heteroatoms. The summed E-state index contributed by atoms with van der Waals surface area (Å²) in [6, 6.07) is 3.82. The molecule has 2 aromatic heterocycles. The molecule has 0 unspecified atom stereocenters. The van der Waals surface area contributed by atoms with Gasteiger partial charge in [0.1, 0.15) is 5.52 Å². The molecular weight excluding hydrogens is 218 g/mol. The van der Waals surface area contributed by atoms with Gasteiger partial charge in [0.25, 0.3) is 0 Å². The van der Waals surface area contributed by atoms with E-state index >= 15 is 0 Å². The highest BCUT2D eigenvalue weighted by Crippen LogP contribution is 2.24. The van der Waals surface area contributed by atoms with Crippen molar-refractivity contribution in [3.8, 4) is 0 Å². The Morgan fingerprint density at radius 1 is 1.41 bits per heavy atom. The average molecular weight is 229 g/mol. The molecular formula is C12H11N3O2. The lowest BCUT2D eigenvalue weighted by Crippen LogP contribution is -2.07. The third-order valence-corrected chi connectivity index (χ3v) is 2.89. The van der Waals surface area contributed by atoms with Crippen LogP contribution in [0, 0.1) is 0 Å². The SMILES string of the molecule is CCc1nc(=O)oc2c1ccc1ncn(C)c12. The second kappa shape index (κ2) is 3.41. The lowest BCUT2D eigenvalue weighted by Gasteiger charge is -2.03. The summed E-state index contributed by atoms with van der Waals surface area (Å²) in [5, 5.41) is 0.878. The molecule has 5 nitrogen and oxygen atoms in total. The van der Waals surface area contributed by atoms with E-state index in [1.165, 1.54) is 0 Å². The van der Waals surface area contributed by atoms with Crippen molar-refractivity contribution in [3.05, 3.63) is 34.7 Å². The van der Waals surface area contributed by atoms with E-state index < -0.39 is 5.76 Å². The molecule has 17 heavy (non-hydrogen) atoms. The summed E-state index contributed by atoms with van der Waals surface area (Å²) < 4.78 is 7.08. The molecule has 0 atom stereocenters. The number of hydrogen-bond donors (Lipinski definition) is 0. The van der Waals surface area contributed by atoms with Gasteiger partial charge in [0.2, 0.25) is 0 Å². The molecule has 0 aliphatic carbocycles. The van der Waals surface area contributed by atoms with Gasteiger partial charge in [-0.05, 0) is 18.6 Å². The normalized spacial score (nSPS) is 11.4. The van der Waals surface area contributed by atoms with Crippen LogP contribution in [-0.2, 0) is 13.5 Å². The second-order valence-corrected chi connectivity index (χ2v) is 3.95. The number of fused-ring (bicyclic) bond motifs is 3. The van der Waals surface area contributed by atoms with Gasteiger partial charge in [0.15, 0.2) is 5.58 Å². The molecule has 0 saturated heterocycles. The maximum absolute atomic E-state index is 11.4. The zero-order chi connectivity index (χ0) is 12.0. The van der Waals surface area contributed by atoms with Gasteiger partial charge in [-0.3, -0.25) is 0 Å². The molecule has 0 aliphatic heterocycles. The number of aryl methyl sites for hydroxylation is 2. The van der Waals surface area contributed by atoms with E-state index in [0.29, 0.717) is 12.0 Å². The molecule has 0 amide bonds. The Kier molecular flexibility index (Phi) is 2.01. The van der Waals surface area contributed by atoms with Gasteiger partial charge in [0, 0.05) is 12.4 Å². The first-order chi connectivity index (χ1) is 8.20. The maximum atomic E-state index is 11.4. The van der Waals surface area contributed by atoms with Gasteiger partial charge < -0.3 is 8.98 Å². The van der Waals surface area contributed by atoms with Gasteiger partial charge >= 0.3 is 5.76 Å². The van der Waals surface area contributed by atoms with Crippen LogP contribution in [0.5, 0.6) is 0 Å². The number of rotatable bonds is 1. The van der Waals surface area contributed by atoms with E-state index in [4.69, 9.17) is 4.42 Å². The first-order valence-corrected chi connectivity index (χ1v) is 5.44. The lowest BCUT2D eigenvalue weighted by atomic mass is 10.1. The van der Waals surface area contributed by atoms with Crippen molar-refractivity contribution in [2.45, 2.75) is 13.3 Å². The highest BCUT2D eigenvalue weighted by atomic mass is 16.4. The third kappa shape index (κ3) is 1.35. The van der Waals surface area contributed by atoms with Crippen molar-refractivity contribution in [2.75, 3.05) is 0 Å². The minimum atomic E-state index is -0.553. The van der Waals surface area contributed by atoms with Crippen LogP contribution in [0.1, 0.15) is 12.6 Å². The summed E-state index contributed by atoms with van der Waals surface area (Å²) in [6.45, 7) is 1.97. The van der Waals surface area contributed by atoms with Crippen LogP contribution in [0.15, 0.2) is 27.7 Å². The smallest absolute Gasteiger partial charge is 0.406 e. The Morgan fingerprint density at radius 2 is 2.24 bits per heavy atom. The van der Waals surface area contributed by atoms with Gasteiger partial charge in [-0.1, -0.05) is 6.92 Å². The van der Waals surface area contributed by atoms with Gasteiger partial charge in [-0.15, -0.1) is 0 Å². The monoisotopic (exact) mass is 229 g/mol. The summed E-state index contributed by atoms with van der Waals surface area (Å²) in [6.07, 6.45) is 2.40. The van der Waals surface area contributed by atoms with E-state index in [0.717, 1.165) is 22.1 Å². The minimum Gasteiger partial charge on any atom is -0.406 e. The summed E-state index contributed by atoms with van der Waals surface area (Å²) >= 11 is 0. The lowest BCUT2D eigenvalue weighted by molar-refractivity contribution is 0.528. The Bertz CT molecular complexity index is 770. The van der Waals surface area contributed by atoms with Gasteiger partial charge in [-0.2, -0.15) is 4.98 Å². The molecule has 3 aromatic rings. The van der Waals surface area contributed by atoms with Gasteiger partial charge in [0.05, 0.1) is 17.5 Å². The van der Waals surface area contributed by atoms with Crippen molar-refractivity contribution >= 4 is 22.0 Å². The van der Waals surface area contributed by atoms with Crippen LogP contribution in [0.25, 0.3) is 22.0 Å². The summed E-state index contributed by atoms with van der Waals surface area (Å²) in [7, 11) is 1.88. The highest BCUT2D eigenvalue weighted by Gasteiger charge is 2.11. The molecule has 0 spiro atoms. The van der Waals surface area contributed by atoms with Crippen LogP contribution >= 0.6 is 0 Å². The number of hydrogen-bond acceptors (Lipinski definition) is 4. The van der Waals surface area contributed by atoms with Crippen molar-refractivity contribution < 1.29 is 4.42 Å². The fraction of sp³-hybridized carbons (Fsp3) is 0.250. The quantitative estimate of drug-likeness (QED) is 0.636. The van der Waals surface area contributed by atoms with Crippen molar-refractivity contribution in [1.29, 1.82) is 0 Å². The van der Waals surface area contributed by atoms with Crippen molar-refractivity contribution in [1.82, 2.24) is 14.5 Å². The second-order valence-electron chi connectivity index (χ2n) is 3.95. The van der Waals surface area contributed by atoms with Crippen LogP contribution in [-0.4, -0.2) is 14.5 Å². The number of aromatic nitrogens is 3. The largest absolute Gasteiger partial charge is 0.439 e. The average Bonchev–Trinajstić information content (AvgIpc) is 2.70. The first kappa shape index (κ1) is 10.0. The molecule has 0 fully saturated rings. The zero-order valence-corrected chi connectivity index (χ0v) is 9.60. The van der Waals surface area contributed by atoms with Crippen LogP contribution in [0.4, 0.5) is 0 Å². The summed E-state index contributed by atoms with van der Waals surface area (Å²) in [5.74, 6) is -0.553. The van der Waals surface area contributed by atoms with Crippen LogP contribution in [0.3, 0.4) is 0 Å². The Hall–Kier alpha value is -2.17. The first-order valence-electron chi connectivity index (χ1n) is 5.44. The highest BCUT2D eigenvalue weighted by molar-refractivity contribution is 6.01. The van der Waals surface area contributed by atoms with E-state index in [2.05, 4.69) is 9.97 Å². The molecule has 1 aromatic carbocycles. The van der Waals surface area contributed by atoms with Gasteiger partial charge in [-0.25, -0.2) is 9.78 Å². The zero-order valence-electron chi connectivity index (χ0n) is 9.60. The molecule has 3 rings (SSSR count). The topological polar surface area (TPSA) is 60.9 Å². The number of nitrogens with zero attached hydrogens (tertiary/aromatic N) is 3. The number of imidazole rings is 1. The van der Waals surface area contributed by atoms with Crippen LogP contribution in [0.2, 0.25) is 0 Å². The molecule has 0 N–H and O–H groups in total. The molecule has 0 saturated carbocycles. The van der Waals surface area contributed by atoms with E-state index in [-0.39, 0.29) is 0 Å². The molecule has 0 bridgehead atoms. The molecule has 0 radical (unpaired) electrons. The summed E-state index contributed by atoms with van der Waals surface area (Å²) in [5.41, 5.74) is 2.98. The number of benzene rings is 1. The predicted molar refractivity (Wildman–Crippen MR) is 63.9 cm³/mol. The standard InChI is InChI=1S/C12H11N3O2/c1-3-8-7-4-5-9-10(15(2)6-13-9)11(7)17-12(16)14-8/h4-6H,3H2,1-2H3. The fourth-order valence-corrected chi connectivity index (χ4v) is 2.09. The van der Waals surface area contributed by atoms with E-state index in [9.17, 15) is 4.79 Å². The van der Waals surface area contributed by atoms with Crippen LogP contribution < -0.4 is 5.76 Å². The van der Waals surface area contributed by atoms with Crippen molar-refractivity contribution in [3.63, 3.8) is 0 Å².